The molecule has 4 aliphatic carbocycles. The largest absolute Gasteiger partial charge is 0.512 e. The van der Waals surface area contributed by atoms with Gasteiger partial charge in [0.05, 0.1) is 5.76 Å². The van der Waals surface area contributed by atoms with E-state index in [1.165, 1.54) is 18.4 Å². The fourth-order valence-electron chi connectivity index (χ4n) is 5.66. The Morgan fingerprint density at radius 1 is 1.15 bits per heavy atom. The van der Waals surface area contributed by atoms with E-state index in [9.17, 15) is 9.90 Å². The molecule has 1 N–H and O–H groups in total. The topological polar surface area (TPSA) is 37.3 Å². The van der Waals surface area contributed by atoms with Gasteiger partial charge in [-0.05, 0) is 67.9 Å². The van der Waals surface area contributed by atoms with E-state index in [4.69, 9.17) is 0 Å². The first-order chi connectivity index (χ1) is 9.59. The zero-order chi connectivity index (χ0) is 13.9. The van der Waals surface area contributed by atoms with Crippen LogP contribution >= 0.6 is 0 Å². The van der Waals surface area contributed by atoms with E-state index in [0.717, 1.165) is 44.4 Å². The van der Waals surface area contributed by atoms with Crippen LogP contribution in [-0.4, -0.2) is 10.9 Å². The lowest BCUT2D eigenvalue weighted by molar-refractivity contribution is -0.129. The van der Waals surface area contributed by atoms with Gasteiger partial charge < -0.3 is 5.11 Å². The van der Waals surface area contributed by atoms with E-state index in [2.05, 4.69) is 6.92 Å². The summed E-state index contributed by atoms with van der Waals surface area (Å²) in [4.78, 5) is 12.3. The highest BCUT2D eigenvalue weighted by Gasteiger charge is 2.54. The van der Waals surface area contributed by atoms with Gasteiger partial charge in [-0.15, -0.1) is 0 Å². The van der Waals surface area contributed by atoms with Gasteiger partial charge in [0.2, 0.25) is 0 Å². The maximum Gasteiger partial charge on any atom is 0.139 e. The molecule has 0 heterocycles. The quantitative estimate of drug-likeness (QED) is 0.713. The number of allylic oxidation sites excluding steroid dienone is 4. The number of aliphatic hydroxyl groups is 1. The third-order valence-electron chi connectivity index (χ3n) is 6.74. The van der Waals surface area contributed by atoms with Gasteiger partial charge in [0, 0.05) is 18.3 Å². The number of fused-ring (bicyclic) bond motifs is 4. The summed E-state index contributed by atoms with van der Waals surface area (Å²) in [6.45, 7) is 2.24. The highest BCUT2D eigenvalue weighted by molar-refractivity contribution is 5.87. The minimum Gasteiger partial charge on any atom is -0.512 e. The summed E-state index contributed by atoms with van der Waals surface area (Å²) >= 11 is 0. The van der Waals surface area contributed by atoms with E-state index in [-0.39, 0.29) is 5.41 Å². The molecule has 0 saturated heterocycles. The van der Waals surface area contributed by atoms with Crippen LogP contribution in [0.5, 0.6) is 0 Å². The van der Waals surface area contributed by atoms with Gasteiger partial charge in [-0.3, -0.25) is 4.79 Å². The van der Waals surface area contributed by atoms with Gasteiger partial charge in [0.15, 0.2) is 0 Å². The first-order valence-electron chi connectivity index (χ1n) is 8.24. The molecule has 0 amide bonds. The number of Topliss-reactive ketones (excluding diaryl/α,β-unsaturated/α-hetero) is 1. The van der Waals surface area contributed by atoms with E-state index in [0.29, 0.717) is 23.4 Å². The SMILES string of the molecule is C[C@]12CC[C@@H]3C4=C(C=C(O)CC4)CC[C@H]3[C@@H]1CCC2=O. The summed E-state index contributed by atoms with van der Waals surface area (Å²) in [5.41, 5.74) is 3.04. The average Bonchev–Trinajstić information content (AvgIpc) is 2.74. The van der Waals surface area contributed by atoms with E-state index >= 15 is 0 Å². The van der Waals surface area contributed by atoms with Crippen LogP contribution in [0.3, 0.4) is 0 Å². The van der Waals surface area contributed by atoms with Crippen LogP contribution in [0.15, 0.2) is 23.0 Å². The second-order valence-electron chi connectivity index (χ2n) is 7.52. The van der Waals surface area contributed by atoms with Crippen molar-refractivity contribution in [3.63, 3.8) is 0 Å². The van der Waals surface area contributed by atoms with Gasteiger partial charge >= 0.3 is 0 Å². The molecular weight excluding hydrogens is 248 g/mol. The molecule has 0 aromatic rings. The molecule has 0 unspecified atom stereocenters. The van der Waals surface area contributed by atoms with Crippen molar-refractivity contribution in [3.8, 4) is 0 Å². The number of hydrogen-bond donors (Lipinski definition) is 1. The number of hydrogen-bond acceptors (Lipinski definition) is 2. The Kier molecular flexibility index (Phi) is 2.68. The van der Waals surface area contributed by atoms with Crippen LogP contribution in [0.25, 0.3) is 0 Å². The summed E-state index contributed by atoms with van der Waals surface area (Å²) in [6.07, 6.45) is 10.5. The molecule has 4 rings (SSSR count). The Labute approximate surface area is 120 Å². The van der Waals surface area contributed by atoms with Gasteiger partial charge in [0.25, 0.3) is 0 Å². The monoisotopic (exact) mass is 272 g/mol. The minimum absolute atomic E-state index is 0.00806. The van der Waals surface area contributed by atoms with Gasteiger partial charge in [0.1, 0.15) is 5.78 Å². The number of aliphatic hydroxyl groups excluding tert-OH is 1. The van der Waals surface area contributed by atoms with E-state index < -0.39 is 0 Å². The first kappa shape index (κ1) is 12.7. The summed E-state index contributed by atoms with van der Waals surface area (Å²) in [7, 11) is 0. The number of ketones is 1. The maximum atomic E-state index is 12.3. The molecule has 20 heavy (non-hydrogen) atoms. The van der Waals surface area contributed by atoms with Crippen molar-refractivity contribution in [2.45, 2.75) is 58.3 Å². The molecule has 2 fully saturated rings. The highest BCUT2D eigenvalue weighted by Crippen LogP contribution is 2.59. The first-order valence-corrected chi connectivity index (χ1v) is 8.24. The lowest BCUT2D eigenvalue weighted by Crippen LogP contribution is -2.43. The number of rotatable bonds is 0. The molecular formula is C18H24O2. The Balaban J connectivity index is 1.69. The molecule has 0 radical (unpaired) electrons. The standard InChI is InChI=1S/C18H24O2/c1-18-9-8-14-13-5-3-12(19)10-11(13)2-4-15(14)16(18)6-7-17(18)20/h10,14-16,19H,2-9H2,1H3/t14-,15-,16+,18+/m1/s1. The lowest BCUT2D eigenvalue weighted by Gasteiger charge is -2.49. The predicted molar refractivity (Wildman–Crippen MR) is 78.3 cm³/mol. The average molecular weight is 272 g/mol. The van der Waals surface area contributed by atoms with Crippen LogP contribution < -0.4 is 0 Å². The van der Waals surface area contributed by atoms with Crippen LogP contribution in [0.2, 0.25) is 0 Å². The Bertz CT molecular complexity index is 528. The van der Waals surface area contributed by atoms with Gasteiger partial charge in [-0.25, -0.2) is 0 Å². The van der Waals surface area contributed by atoms with E-state index in [1.807, 2.05) is 6.08 Å². The van der Waals surface area contributed by atoms with Crippen molar-refractivity contribution in [1.82, 2.24) is 0 Å². The Hall–Kier alpha value is -1.05. The Morgan fingerprint density at radius 2 is 2.00 bits per heavy atom. The molecule has 0 spiro atoms. The molecule has 4 atom stereocenters. The zero-order valence-corrected chi connectivity index (χ0v) is 12.3. The highest BCUT2D eigenvalue weighted by atomic mass is 16.3. The summed E-state index contributed by atoms with van der Waals surface area (Å²) in [5, 5.41) is 9.75. The van der Waals surface area contributed by atoms with Crippen molar-refractivity contribution in [1.29, 1.82) is 0 Å². The lowest BCUT2D eigenvalue weighted by atomic mass is 9.55. The van der Waals surface area contributed by atoms with Crippen LogP contribution in [0, 0.1) is 23.2 Å². The van der Waals surface area contributed by atoms with Crippen molar-refractivity contribution in [3.05, 3.63) is 23.0 Å². The fraction of sp³-hybridized carbons (Fsp3) is 0.722. The molecule has 2 nitrogen and oxygen atoms in total. The van der Waals surface area contributed by atoms with E-state index in [1.54, 1.807) is 5.57 Å². The van der Waals surface area contributed by atoms with Crippen LogP contribution in [0.1, 0.15) is 58.3 Å². The number of carbonyl (C=O) groups is 1. The van der Waals surface area contributed by atoms with Gasteiger partial charge in [-0.2, -0.15) is 0 Å². The molecule has 0 aromatic heterocycles. The zero-order valence-electron chi connectivity index (χ0n) is 12.3. The fourth-order valence-corrected chi connectivity index (χ4v) is 5.66. The molecule has 0 aliphatic heterocycles. The van der Waals surface area contributed by atoms with Crippen LogP contribution in [-0.2, 0) is 4.79 Å². The minimum atomic E-state index is -0.00806. The molecule has 2 saturated carbocycles. The number of carbonyl (C=O) groups excluding carboxylic acids is 1. The predicted octanol–water partition coefficient (Wildman–Crippen LogP) is 4.32. The van der Waals surface area contributed by atoms with Crippen LogP contribution in [0.4, 0.5) is 0 Å². The normalized spacial score (nSPS) is 43.8. The summed E-state index contributed by atoms with van der Waals surface area (Å²) in [6, 6.07) is 0. The third-order valence-corrected chi connectivity index (χ3v) is 6.74. The van der Waals surface area contributed by atoms with Crippen molar-refractivity contribution < 1.29 is 9.90 Å². The molecule has 2 heteroatoms. The maximum absolute atomic E-state index is 12.3. The molecule has 108 valence electrons. The Morgan fingerprint density at radius 3 is 2.85 bits per heavy atom. The molecule has 4 aliphatic rings. The second-order valence-corrected chi connectivity index (χ2v) is 7.52. The van der Waals surface area contributed by atoms with Gasteiger partial charge in [-0.1, -0.05) is 12.5 Å². The smallest absolute Gasteiger partial charge is 0.139 e. The van der Waals surface area contributed by atoms with Crippen molar-refractivity contribution in [2.75, 3.05) is 0 Å². The molecule has 0 bridgehead atoms. The summed E-state index contributed by atoms with van der Waals surface area (Å²) < 4.78 is 0. The third kappa shape index (κ3) is 1.60. The van der Waals surface area contributed by atoms with Crippen molar-refractivity contribution in [2.24, 2.45) is 23.2 Å². The summed E-state index contributed by atoms with van der Waals surface area (Å²) in [5.74, 6) is 3.16. The second kappa shape index (κ2) is 4.22. The molecule has 0 aromatic carbocycles. The van der Waals surface area contributed by atoms with Crippen molar-refractivity contribution >= 4 is 5.78 Å².